The molecule has 2 saturated heterocycles. The summed E-state index contributed by atoms with van der Waals surface area (Å²) in [4.78, 5) is 28.1. The van der Waals surface area contributed by atoms with Crippen LogP contribution in [0.1, 0.15) is 36.0 Å². The minimum absolute atomic E-state index is 0.00192. The van der Waals surface area contributed by atoms with Crippen LogP contribution in [-0.2, 0) is 4.79 Å². The molecule has 3 rings (SSSR count). The fourth-order valence-electron chi connectivity index (χ4n) is 3.20. The van der Waals surface area contributed by atoms with Crippen molar-refractivity contribution in [1.29, 1.82) is 0 Å². The van der Waals surface area contributed by atoms with E-state index in [0.29, 0.717) is 10.6 Å². The van der Waals surface area contributed by atoms with Gasteiger partial charge in [-0.2, -0.15) is 0 Å². The highest BCUT2D eigenvalue weighted by atomic mass is 35.5. The Bertz CT molecular complexity index is 614. The molecule has 0 radical (unpaired) electrons. The summed E-state index contributed by atoms with van der Waals surface area (Å²) in [6.07, 6.45) is 4.08. The molecule has 1 aromatic rings. The van der Waals surface area contributed by atoms with Gasteiger partial charge in [0, 0.05) is 32.4 Å². The van der Waals surface area contributed by atoms with E-state index < -0.39 is 0 Å². The van der Waals surface area contributed by atoms with Gasteiger partial charge in [0.15, 0.2) is 0 Å². The van der Waals surface area contributed by atoms with E-state index in [9.17, 15) is 9.59 Å². The van der Waals surface area contributed by atoms with Crippen molar-refractivity contribution in [3.05, 3.63) is 28.8 Å². The lowest BCUT2D eigenvalue weighted by molar-refractivity contribution is -0.127. The number of carbonyl (C=O) groups excluding carboxylic acids is 2. The summed E-state index contributed by atoms with van der Waals surface area (Å²) in [5.74, 6) is 0.0903. The van der Waals surface area contributed by atoms with Crippen LogP contribution in [0.5, 0.6) is 0 Å². The molecule has 0 aliphatic carbocycles. The maximum absolute atomic E-state index is 12.5. The Hall–Kier alpha value is -1.75. The first kappa shape index (κ1) is 16.1. The van der Waals surface area contributed by atoms with Gasteiger partial charge in [0.2, 0.25) is 5.91 Å². The summed E-state index contributed by atoms with van der Waals surface area (Å²) in [5.41, 5.74) is 1.31. The molecule has 6 heteroatoms. The van der Waals surface area contributed by atoms with Crippen LogP contribution in [0, 0.1) is 0 Å². The lowest BCUT2D eigenvalue weighted by atomic mass is 10.1. The molecule has 2 fully saturated rings. The average molecular weight is 336 g/mol. The predicted octanol–water partition coefficient (Wildman–Crippen LogP) is 2.61. The van der Waals surface area contributed by atoms with E-state index in [1.807, 2.05) is 11.0 Å². The van der Waals surface area contributed by atoms with E-state index in [4.69, 9.17) is 11.6 Å². The quantitative estimate of drug-likeness (QED) is 0.923. The SMILES string of the molecule is CN1CC[C@@H](Nc2ccc(C(=O)N3CCCCC3)c(Cl)c2)C1=O. The van der Waals surface area contributed by atoms with Gasteiger partial charge in [-0.3, -0.25) is 9.59 Å². The van der Waals surface area contributed by atoms with Crippen molar-refractivity contribution >= 4 is 29.1 Å². The molecule has 1 N–H and O–H groups in total. The Morgan fingerprint density at radius 3 is 2.57 bits per heavy atom. The number of amides is 2. The molecule has 2 amide bonds. The molecule has 23 heavy (non-hydrogen) atoms. The number of carbonyl (C=O) groups is 2. The Morgan fingerprint density at radius 2 is 1.96 bits per heavy atom. The zero-order chi connectivity index (χ0) is 16.4. The molecule has 0 aromatic heterocycles. The molecule has 0 saturated carbocycles. The molecule has 2 aliphatic heterocycles. The Labute approximate surface area is 141 Å². The molecule has 1 aromatic carbocycles. The summed E-state index contributed by atoms with van der Waals surface area (Å²) in [6.45, 7) is 2.37. The number of nitrogens with one attached hydrogen (secondary N) is 1. The molecular weight excluding hydrogens is 314 g/mol. The third-order valence-electron chi connectivity index (χ3n) is 4.61. The second-order valence-electron chi connectivity index (χ2n) is 6.29. The van der Waals surface area contributed by atoms with Crippen molar-refractivity contribution in [3.63, 3.8) is 0 Å². The minimum Gasteiger partial charge on any atom is -0.374 e. The van der Waals surface area contributed by atoms with Crippen LogP contribution in [0.2, 0.25) is 5.02 Å². The third-order valence-corrected chi connectivity index (χ3v) is 4.92. The van der Waals surface area contributed by atoms with Crippen LogP contribution in [0.4, 0.5) is 5.69 Å². The van der Waals surface area contributed by atoms with Crippen molar-refractivity contribution in [3.8, 4) is 0 Å². The first-order valence-corrected chi connectivity index (χ1v) is 8.54. The fourth-order valence-corrected chi connectivity index (χ4v) is 3.46. The number of benzene rings is 1. The predicted molar refractivity (Wildman–Crippen MR) is 90.9 cm³/mol. The number of hydrogen-bond donors (Lipinski definition) is 1. The van der Waals surface area contributed by atoms with E-state index in [-0.39, 0.29) is 17.9 Å². The van der Waals surface area contributed by atoms with Gasteiger partial charge < -0.3 is 15.1 Å². The topological polar surface area (TPSA) is 52.7 Å². The van der Waals surface area contributed by atoms with Crippen molar-refractivity contribution in [2.75, 3.05) is 32.0 Å². The number of piperidine rings is 1. The largest absolute Gasteiger partial charge is 0.374 e. The molecule has 124 valence electrons. The van der Waals surface area contributed by atoms with E-state index >= 15 is 0 Å². The van der Waals surface area contributed by atoms with Crippen LogP contribution in [-0.4, -0.2) is 54.3 Å². The highest BCUT2D eigenvalue weighted by molar-refractivity contribution is 6.34. The highest BCUT2D eigenvalue weighted by Crippen LogP contribution is 2.25. The van der Waals surface area contributed by atoms with Crippen molar-refractivity contribution < 1.29 is 9.59 Å². The first-order valence-electron chi connectivity index (χ1n) is 8.16. The number of likely N-dealkylation sites (N-methyl/N-ethyl adjacent to an activating group) is 1. The zero-order valence-corrected chi connectivity index (χ0v) is 14.1. The van der Waals surface area contributed by atoms with Crippen LogP contribution in [0.25, 0.3) is 0 Å². The highest BCUT2D eigenvalue weighted by Gasteiger charge is 2.29. The normalized spacial score (nSPS) is 21.7. The molecule has 2 aliphatic rings. The maximum Gasteiger partial charge on any atom is 0.255 e. The van der Waals surface area contributed by atoms with Crippen molar-refractivity contribution in [1.82, 2.24) is 9.80 Å². The minimum atomic E-state index is -0.209. The molecule has 0 unspecified atom stereocenters. The Morgan fingerprint density at radius 1 is 1.22 bits per heavy atom. The van der Waals surface area contributed by atoms with Gasteiger partial charge in [-0.05, 0) is 43.9 Å². The Balaban J connectivity index is 1.70. The van der Waals surface area contributed by atoms with Gasteiger partial charge in [-0.15, -0.1) is 0 Å². The summed E-state index contributed by atoms with van der Waals surface area (Å²) in [5, 5.41) is 3.64. The van der Waals surface area contributed by atoms with Crippen LogP contribution < -0.4 is 5.32 Å². The van der Waals surface area contributed by atoms with Crippen molar-refractivity contribution in [2.24, 2.45) is 0 Å². The number of likely N-dealkylation sites (tertiary alicyclic amines) is 2. The molecule has 2 heterocycles. The third kappa shape index (κ3) is 3.44. The standard InChI is InChI=1S/C17H22ClN3O2/c1-20-10-7-15(17(20)23)19-12-5-6-13(14(18)11-12)16(22)21-8-3-2-4-9-21/h5-6,11,15,19H,2-4,7-10H2,1H3/t15-/m1/s1. The summed E-state index contributed by atoms with van der Waals surface area (Å²) in [7, 11) is 1.80. The van der Waals surface area contributed by atoms with E-state index in [1.54, 1.807) is 24.1 Å². The monoisotopic (exact) mass is 335 g/mol. The van der Waals surface area contributed by atoms with E-state index in [1.165, 1.54) is 6.42 Å². The fraction of sp³-hybridized carbons (Fsp3) is 0.529. The van der Waals surface area contributed by atoms with Gasteiger partial charge in [0.05, 0.1) is 10.6 Å². The van der Waals surface area contributed by atoms with Gasteiger partial charge in [0.1, 0.15) is 6.04 Å². The van der Waals surface area contributed by atoms with Gasteiger partial charge >= 0.3 is 0 Å². The lowest BCUT2D eigenvalue weighted by Gasteiger charge is -2.27. The molecule has 0 bridgehead atoms. The summed E-state index contributed by atoms with van der Waals surface area (Å²) < 4.78 is 0. The van der Waals surface area contributed by atoms with Crippen LogP contribution in [0.3, 0.4) is 0 Å². The van der Waals surface area contributed by atoms with E-state index in [0.717, 1.165) is 44.6 Å². The second-order valence-corrected chi connectivity index (χ2v) is 6.70. The average Bonchev–Trinajstić information content (AvgIpc) is 2.87. The van der Waals surface area contributed by atoms with Crippen LogP contribution >= 0.6 is 11.6 Å². The number of halogens is 1. The van der Waals surface area contributed by atoms with Gasteiger partial charge in [-0.1, -0.05) is 11.6 Å². The lowest BCUT2D eigenvalue weighted by Crippen LogP contribution is -2.35. The zero-order valence-electron chi connectivity index (χ0n) is 13.3. The molecule has 5 nitrogen and oxygen atoms in total. The number of anilines is 1. The first-order chi connectivity index (χ1) is 11.1. The Kier molecular flexibility index (Phi) is 4.76. The smallest absolute Gasteiger partial charge is 0.255 e. The number of rotatable bonds is 3. The second kappa shape index (κ2) is 6.79. The van der Waals surface area contributed by atoms with Gasteiger partial charge in [-0.25, -0.2) is 0 Å². The maximum atomic E-state index is 12.5. The molecule has 0 spiro atoms. The summed E-state index contributed by atoms with van der Waals surface area (Å²) in [6, 6.07) is 5.11. The summed E-state index contributed by atoms with van der Waals surface area (Å²) >= 11 is 6.31. The van der Waals surface area contributed by atoms with Crippen molar-refractivity contribution in [2.45, 2.75) is 31.7 Å². The van der Waals surface area contributed by atoms with Gasteiger partial charge in [0.25, 0.3) is 5.91 Å². The number of hydrogen-bond acceptors (Lipinski definition) is 3. The van der Waals surface area contributed by atoms with Crippen LogP contribution in [0.15, 0.2) is 18.2 Å². The molecular formula is C17H22ClN3O2. The number of nitrogens with zero attached hydrogens (tertiary/aromatic N) is 2. The van der Waals surface area contributed by atoms with E-state index in [2.05, 4.69) is 5.32 Å². The molecule has 1 atom stereocenters.